The van der Waals surface area contributed by atoms with Crippen LogP contribution in [0.5, 0.6) is 5.75 Å². The quantitative estimate of drug-likeness (QED) is 0.890. The molecule has 1 N–H and O–H groups in total. The van der Waals surface area contributed by atoms with Gasteiger partial charge in [-0.15, -0.1) is 0 Å². The number of methoxy groups -OCH3 is 1. The number of carboxylic acid groups (broad SMARTS) is 1. The molecular weight excluding hydrogens is 228 g/mol. The maximum absolute atomic E-state index is 11.0. The van der Waals surface area contributed by atoms with E-state index < -0.39 is 5.97 Å². The molecule has 0 unspecified atom stereocenters. The second kappa shape index (κ2) is 5.25. The van der Waals surface area contributed by atoms with Crippen LogP contribution in [0.4, 0.5) is 0 Å². The van der Waals surface area contributed by atoms with Crippen molar-refractivity contribution in [3.63, 3.8) is 0 Å². The van der Waals surface area contributed by atoms with Crippen LogP contribution in [0.2, 0.25) is 0 Å². The lowest BCUT2D eigenvalue weighted by atomic mass is 9.80. The van der Waals surface area contributed by atoms with E-state index in [1.165, 1.54) is 5.57 Å². The highest BCUT2D eigenvalue weighted by Gasteiger charge is 2.27. The molecular formula is C15H18O3. The third kappa shape index (κ3) is 2.55. The molecule has 0 aliphatic heterocycles. The summed E-state index contributed by atoms with van der Waals surface area (Å²) in [4.78, 5) is 11.0. The molecule has 18 heavy (non-hydrogen) atoms. The van der Waals surface area contributed by atoms with E-state index in [0.717, 1.165) is 17.7 Å². The minimum absolute atomic E-state index is 0.0911. The fraction of sp³-hybridized carbons (Fsp3) is 0.400. The SMILES string of the molecule is COc1ccc(C2=C[C@H](C)[C@H](C(=O)O)CC2)cc1. The minimum Gasteiger partial charge on any atom is -0.497 e. The molecule has 0 spiro atoms. The zero-order valence-corrected chi connectivity index (χ0v) is 10.7. The van der Waals surface area contributed by atoms with Crippen LogP contribution in [-0.4, -0.2) is 18.2 Å². The molecule has 0 saturated heterocycles. The number of carbonyl (C=O) groups is 1. The number of hydrogen-bond acceptors (Lipinski definition) is 2. The normalized spacial score (nSPS) is 23.3. The van der Waals surface area contributed by atoms with Gasteiger partial charge >= 0.3 is 5.97 Å². The first-order chi connectivity index (χ1) is 8.61. The molecule has 2 rings (SSSR count). The average molecular weight is 246 g/mol. The van der Waals surface area contributed by atoms with Crippen LogP contribution >= 0.6 is 0 Å². The summed E-state index contributed by atoms with van der Waals surface area (Å²) in [5.41, 5.74) is 2.40. The summed E-state index contributed by atoms with van der Waals surface area (Å²) in [6, 6.07) is 7.92. The van der Waals surface area contributed by atoms with Gasteiger partial charge in [0.15, 0.2) is 0 Å². The molecule has 0 radical (unpaired) electrons. The zero-order valence-electron chi connectivity index (χ0n) is 10.7. The van der Waals surface area contributed by atoms with Crippen molar-refractivity contribution in [2.45, 2.75) is 19.8 Å². The monoisotopic (exact) mass is 246 g/mol. The summed E-state index contributed by atoms with van der Waals surface area (Å²) < 4.78 is 5.13. The van der Waals surface area contributed by atoms with E-state index in [9.17, 15) is 4.79 Å². The zero-order chi connectivity index (χ0) is 13.1. The lowest BCUT2D eigenvalue weighted by Gasteiger charge is -2.24. The Bertz CT molecular complexity index is 459. The van der Waals surface area contributed by atoms with Gasteiger partial charge in [0, 0.05) is 0 Å². The Morgan fingerprint density at radius 3 is 2.50 bits per heavy atom. The first kappa shape index (κ1) is 12.7. The first-order valence-corrected chi connectivity index (χ1v) is 6.19. The second-order valence-electron chi connectivity index (χ2n) is 4.76. The van der Waals surface area contributed by atoms with Crippen molar-refractivity contribution in [1.82, 2.24) is 0 Å². The highest BCUT2D eigenvalue weighted by Crippen LogP contribution is 2.34. The summed E-state index contributed by atoms with van der Waals surface area (Å²) in [6.45, 7) is 1.97. The second-order valence-corrected chi connectivity index (χ2v) is 4.76. The summed E-state index contributed by atoms with van der Waals surface area (Å²) in [6.07, 6.45) is 3.63. The molecule has 1 aromatic carbocycles. The summed E-state index contributed by atoms with van der Waals surface area (Å²) >= 11 is 0. The number of hydrogen-bond donors (Lipinski definition) is 1. The first-order valence-electron chi connectivity index (χ1n) is 6.19. The lowest BCUT2D eigenvalue weighted by Crippen LogP contribution is -2.23. The van der Waals surface area contributed by atoms with Crippen molar-refractivity contribution in [2.24, 2.45) is 11.8 Å². The number of carboxylic acids is 1. The number of benzene rings is 1. The highest BCUT2D eigenvalue weighted by atomic mass is 16.5. The lowest BCUT2D eigenvalue weighted by molar-refractivity contribution is -0.143. The predicted octanol–water partition coefficient (Wildman–Crippen LogP) is 3.21. The Kier molecular flexibility index (Phi) is 3.70. The van der Waals surface area contributed by atoms with E-state index in [1.807, 2.05) is 31.2 Å². The standard InChI is InChI=1S/C15H18O3/c1-10-9-12(5-8-14(10)15(16)17)11-3-6-13(18-2)7-4-11/h3-4,6-7,9-10,14H,5,8H2,1-2H3,(H,16,17)/t10-,14+/m0/s1. The van der Waals surface area contributed by atoms with Crippen LogP contribution in [0.25, 0.3) is 5.57 Å². The smallest absolute Gasteiger partial charge is 0.307 e. The van der Waals surface area contributed by atoms with Gasteiger partial charge in [0.05, 0.1) is 13.0 Å². The summed E-state index contributed by atoms with van der Waals surface area (Å²) in [5, 5.41) is 9.09. The van der Waals surface area contributed by atoms with Gasteiger partial charge in [-0.2, -0.15) is 0 Å². The predicted molar refractivity (Wildman–Crippen MR) is 70.5 cm³/mol. The molecule has 1 aliphatic rings. The van der Waals surface area contributed by atoms with Gasteiger partial charge in [-0.25, -0.2) is 0 Å². The number of ether oxygens (including phenoxy) is 1. The van der Waals surface area contributed by atoms with Gasteiger partial charge < -0.3 is 9.84 Å². The molecule has 0 heterocycles. The fourth-order valence-corrected chi connectivity index (χ4v) is 2.48. The van der Waals surface area contributed by atoms with Crippen molar-refractivity contribution in [3.8, 4) is 5.75 Å². The molecule has 0 saturated carbocycles. The molecule has 3 heteroatoms. The Hall–Kier alpha value is -1.77. The van der Waals surface area contributed by atoms with Crippen molar-refractivity contribution < 1.29 is 14.6 Å². The van der Waals surface area contributed by atoms with E-state index in [2.05, 4.69) is 6.08 Å². The van der Waals surface area contributed by atoms with Gasteiger partial charge in [-0.3, -0.25) is 4.79 Å². The largest absolute Gasteiger partial charge is 0.497 e. The third-order valence-electron chi connectivity index (χ3n) is 3.60. The van der Waals surface area contributed by atoms with Gasteiger partial charge in [-0.1, -0.05) is 25.1 Å². The maximum Gasteiger partial charge on any atom is 0.307 e. The van der Waals surface area contributed by atoms with E-state index in [4.69, 9.17) is 9.84 Å². The molecule has 2 atom stereocenters. The van der Waals surface area contributed by atoms with E-state index >= 15 is 0 Å². The minimum atomic E-state index is -0.687. The van der Waals surface area contributed by atoms with Crippen molar-refractivity contribution in [2.75, 3.05) is 7.11 Å². The Morgan fingerprint density at radius 1 is 1.33 bits per heavy atom. The van der Waals surface area contributed by atoms with Crippen LogP contribution in [-0.2, 0) is 4.79 Å². The van der Waals surface area contributed by atoms with Crippen LogP contribution in [0, 0.1) is 11.8 Å². The van der Waals surface area contributed by atoms with E-state index in [1.54, 1.807) is 7.11 Å². The summed E-state index contributed by atoms with van der Waals surface area (Å²) in [5.74, 6) is -0.000462. The van der Waals surface area contributed by atoms with E-state index in [0.29, 0.717) is 6.42 Å². The number of aliphatic carboxylic acids is 1. The molecule has 0 aromatic heterocycles. The Labute approximate surface area is 107 Å². The number of rotatable bonds is 3. The molecule has 0 fully saturated rings. The van der Waals surface area contributed by atoms with Gasteiger partial charge in [-0.05, 0) is 42.0 Å². The maximum atomic E-state index is 11.0. The van der Waals surface area contributed by atoms with Crippen molar-refractivity contribution >= 4 is 11.5 Å². The van der Waals surface area contributed by atoms with Crippen LogP contribution < -0.4 is 4.74 Å². The molecule has 3 nitrogen and oxygen atoms in total. The van der Waals surface area contributed by atoms with Gasteiger partial charge in [0.1, 0.15) is 5.75 Å². The average Bonchev–Trinajstić information content (AvgIpc) is 2.38. The van der Waals surface area contributed by atoms with Crippen LogP contribution in [0.3, 0.4) is 0 Å². The van der Waals surface area contributed by atoms with Gasteiger partial charge in [0.2, 0.25) is 0 Å². The Balaban J connectivity index is 2.19. The molecule has 0 bridgehead atoms. The molecule has 1 aliphatic carbocycles. The van der Waals surface area contributed by atoms with Crippen LogP contribution in [0.1, 0.15) is 25.3 Å². The highest BCUT2D eigenvalue weighted by molar-refractivity contribution is 5.74. The van der Waals surface area contributed by atoms with E-state index in [-0.39, 0.29) is 11.8 Å². The summed E-state index contributed by atoms with van der Waals surface area (Å²) in [7, 11) is 1.65. The topological polar surface area (TPSA) is 46.5 Å². The van der Waals surface area contributed by atoms with Crippen molar-refractivity contribution in [3.05, 3.63) is 35.9 Å². The van der Waals surface area contributed by atoms with Gasteiger partial charge in [0.25, 0.3) is 0 Å². The molecule has 1 aromatic rings. The Morgan fingerprint density at radius 2 is 2.00 bits per heavy atom. The van der Waals surface area contributed by atoms with Crippen molar-refractivity contribution in [1.29, 1.82) is 0 Å². The van der Waals surface area contributed by atoms with Crippen LogP contribution in [0.15, 0.2) is 30.3 Å². The number of allylic oxidation sites excluding steroid dienone is 2. The molecule has 0 amide bonds. The molecule has 96 valence electrons. The third-order valence-corrected chi connectivity index (χ3v) is 3.60. The fourth-order valence-electron chi connectivity index (χ4n) is 2.48.